The molecule has 0 aliphatic heterocycles. The summed E-state index contributed by atoms with van der Waals surface area (Å²) in [4.78, 5) is 0. The van der Waals surface area contributed by atoms with Crippen LogP contribution in [-0.4, -0.2) is 0 Å². The van der Waals surface area contributed by atoms with Gasteiger partial charge >= 0.3 is 0 Å². The SMILES string of the molecule is CC(N)c1ccc(OCc2cccc(C#N)c2F)cc1. The van der Waals surface area contributed by atoms with Crippen LogP contribution < -0.4 is 10.5 Å². The molecule has 0 saturated carbocycles. The van der Waals surface area contributed by atoms with Crippen molar-refractivity contribution in [2.24, 2.45) is 5.73 Å². The van der Waals surface area contributed by atoms with Gasteiger partial charge in [0.2, 0.25) is 0 Å². The Balaban J connectivity index is 2.07. The van der Waals surface area contributed by atoms with Crippen molar-refractivity contribution in [1.29, 1.82) is 5.26 Å². The summed E-state index contributed by atoms with van der Waals surface area (Å²) in [6.07, 6.45) is 0. The normalized spacial score (nSPS) is 11.7. The van der Waals surface area contributed by atoms with E-state index in [1.165, 1.54) is 6.07 Å². The van der Waals surface area contributed by atoms with Crippen LogP contribution >= 0.6 is 0 Å². The second-order valence-electron chi connectivity index (χ2n) is 4.54. The minimum atomic E-state index is -0.526. The zero-order valence-electron chi connectivity index (χ0n) is 11.1. The summed E-state index contributed by atoms with van der Waals surface area (Å²) in [7, 11) is 0. The van der Waals surface area contributed by atoms with E-state index in [0.29, 0.717) is 11.3 Å². The molecule has 2 rings (SSSR count). The first-order chi connectivity index (χ1) is 9.61. The summed E-state index contributed by atoms with van der Waals surface area (Å²) >= 11 is 0. The Morgan fingerprint density at radius 3 is 2.55 bits per heavy atom. The third-order valence-corrected chi connectivity index (χ3v) is 3.00. The number of hydrogen-bond donors (Lipinski definition) is 1. The van der Waals surface area contributed by atoms with E-state index in [-0.39, 0.29) is 18.2 Å². The van der Waals surface area contributed by atoms with Gasteiger partial charge in [-0.05, 0) is 30.7 Å². The van der Waals surface area contributed by atoms with Gasteiger partial charge in [0.05, 0.1) is 5.56 Å². The van der Waals surface area contributed by atoms with Crippen molar-refractivity contribution < 1.29 is 9.13 Å². The van der Waals surface area contributed by atoms with Crippen LogP contribution in [0.1, 0.15) is 29.7 Å². The smallest absolute Gasteiger partial charge is 0.147 e. The number of ether oxygens (including phenoxy) is 1. The van der Waals surface area contributed by atoms with E-state index >= 15 is 0 Å². The van der Waals surface area contributed by atoms with Crippen LogP contribution in [0.2, 0.25) is 0 Å². The lowest BCUT2D eigenvalue weighted by Crippen LogP contribution is -2.04. The Morgan fingerprint density at radius 1 is 1.25 bits per heavy atom. The Bertz CT molecular complexity index is 630. The van der Waals surface area contributed by atoms with Crippen molar-refractivity contribution in [3.8, 4) is 11.8 Å². The molecular weight excluding hydrogens is 255 g/mol. The predicted molar refractivity (Wildman–Crippen MR) is 74.5 cm³/mol. The molecule has 0 bridgehead atoms. The summed E-state index contributed by atoms with van der Waals surface area (Å²) in [6.45, 7) is 1.98. The Labute approximate surface area is 117 Å². The van der Waals surface area contributed by atoms with Crippen molar-refractivity contribution in [1.82, 2.24) is 0 Å². The highest BCUT2D eigenvalue weighted by Gasteiger charge is 2.08. The molecule has 2 aromatic carbocycles. The monoisotopic (exact) mass is 270 g/mol. The standard InChI is InChI=1S/C16H15FN2O/c1-11(19)12-5-7-15(8-6-12)20-10-14-4-2-3-13(9-18)16(14)17/h2-8,11H,10,19H2,1H3. The summed E-state index contributed by atoms with van der Waals surface area (Å²) in [5.41, 5.74) is 7.16. The maximum absolute atomic E-state index is 13.8. The minimum Gasteiger partial charge on any atom is -0.489 e. The molecular formula is C16H15FN2O. The Hall–Kier alpha value is -2.38. The number of hydrogen-bond acceptors (Lipinski definition) is 3. The van der Waals surface area contributed by atoms with E-state index in [1.807, 2.05) is 25.1 Å². The summed E-state index contributed by atoms with van der Waals surface area (Å²) < 4.78 is 19.3. The molecule has 0 heterocycles. The van der Waals surface area contributed by atoms with Crippen molar-refractivity contribution in [2.45, 2.75) is 19.6 Å². The molecule has 0 saturated heterocycles. The van der Waals surface area contributed by atoms with Crippen molar-refractivity contribution in [3.63, 3.8) is 0 Å². The van der Waals surface area contributed by atoms with E-state index in [0.717, 1.165) is 5.56 Å². The lowest BCUT2D eigenvalue weighted by atomic mass is 10.1. The summed E-state index contributed by atoms with van der Waals surface area (Å²) in [5.74, 6) is 0.110. The molecule has 1 unspecified atom stereocenters. The Morgan fingerprint density at radius 2 is 1.95 bits per heavy atom. The van der Waals surface area contributed by atoms with Gasteiger partial charge in [0.15, 0.2) is 0 Å². The average Bonchev–Trinajstić information content (AvgIpc) is 2.46. The van der Waals surface area contributed by atoms with E-state index in [1.54, 1.807) is 24.3 Å². The zero-order chi connectivity index (χ0) is 14.5. The Kier molecular flexibility index (Phi) is 4.34. The van der Waals surface area contributed by atoms with Gasteiger partial charge < -0.3 is 10.5 Å². The topological polar surface area (TPSA) is 59.0 Å². The van der Waals surface area contributed by atoms with Crippen LogP contribution in [0.5, 0.6) is 5.75 Å². The molecule has 102 valence electrons. The second kappa shape index (κ2) is 6.18. The first kappa shape index (κ1) is 14.0. The molecule has 4 heteroatoms. The van der Waals surface area contributed by atoms with Crippen LogP contribution in [-0.2, 0) is 6.61 Å². The number of nitriles is 1. The highest BCUT2D eigenvalue weighted by molar-refractivity contribution is 5.35. The van der Waals surface area contributed by atoms with Gasteiger partial charge in [0.25, 0.3) is 0 Å². The number of benzene rings is 2. The third-order valence-electron chi connectivity index (χ3n) is 3.00. The lowest BCUT2D eigenvalue weighted by molar-refractivity contribution is 0.299. The maximum Gasteiger partial charge on any atom is 0.147 e. The van der Waals surface area contributed by atoms with E-state index < -0.39 is 5.82 Å². The molecule has 0 aliphatic carbocycles. The molecule has 0 aliphatic rings. The van der Waals surface area contributed by atoms with Gasteiger partial charge in [0, 0.05) is 11.6 Å². The predicted octanol–water partition coefficient (Wildman–Crippen LogP) is 3.30. The van der Waals surface area contributed by atoms with E-state index in [2.05, 4.69) is 0 Å². The molecule has 3 nitrogen and oxygen atoms in total. The number of halogens is 1. The fourth-order valence-corrected chi connectivity index (χ4v) is 1.81. The first-order valence-electron chi connectivity index (χ1n) is 6.27. The van der Waals surface area contributed by atoms with E-state index in [9.17, 15) is 4.39 Å². The van der Waals surface area contributed by atoms with Gasteiger partial charge in [-0.15, -0.1) is 0 Å². The zero-order valence-corrected chi connectivity index (χ0v) is 11.1. The van der Waals surface area contributed by atoms with Gasteiger partial charge in [-0.2, -0.15) is 5.26 Å². The van der Waals surface area contributed by atoms with Crippen LogP contribution in [0, 0.1) is 17.1 Å². The van der Waals surface area contributed by atoms with Crippen molar-refractivity contribution in [2.75, 3.05) is 0 Å². The molecule has 2 aromatic rings. The lowest BCUT2D eigenvalue weighted by Gasteiger charge is -2.10. The van der Waals surface area contributed by atoms with Crippen LogP contribution in [0.3, 0.4) is 0 Å². The van der Waals surface area contributed by atoms with Gasteiger partial charge in [0.1, 0.15) is 24.2 Å². The fraction of sp³-hybridized carbons (Fsp3) is 0.188. The largest absolute Gasteiger partial charge is 0.489 e. The highest BCUT2D eigenvalue weighted by atomic mass is 19.1. The number of nitrogens with zero attached hydrogens (tertiary/aromatic N) is 1. The highest BCUT2D eigenvalue weighted by Crippen LogP contribution is 2.19. The number of rotatable bonds is 4. The average molecular weight is 270 g/mol. The second-order valence-corrected chi connectivity index (χ2v) is 4.54. The number of nitrogens with two attached hydrogens (primary N) is 1. The summed E-state index contributed by atoms with van der Waals surface area (Å²) in [6, 6.07) is 13.8. The van der Waals surface area contributed by atoms with Gasteiger partial charge in [-0.1, -0.05) is 24.3 Å². The van der Waals surface area contributed by atoms with E-state index in [4.69, 9.17) is 15.7 Å². The molecule has 0 aromatic heterocycles. The first-order valence-corrected chi connectivity index (χ1v) is 6.27. The molecule has 1 atom stereocenters. The van der Waals surface area contributed by atoms with Crippen molar-refractivity contribution in [3.05, 3.63) is 65.0 Å². The third kappa shape index (κ3) is 3.14. The van der Waals surface area contributed by atoms with Gasteiger partial charge in [-0.3, -0.25) is 0 Å². The minimum absolute atomic E-state index is 0.0263. The molecule has 0 amide bonds. The fourth-order valence-electron chi connectivity index (χ4n) is 1.81. The van der Waals surface area contributed by atoms with Crippen LogP contribution in [0.25, 0.3) is 0 Å². The molecule has 0 radical (unpaired) electrons. The molecule has 0 spiro atoms. The molecule has 0 fully saturated rings. The van der Waals surface area contributed by atoms with Crippen LogP contribution in [0.4, 0.5) is 4.39 Å². The summed E-state index contributed by atoms with van der Waals surface area (Å²) in [5, 5.41) is 8.77. The maximum atomic E-state index is 13.8. The van der Waals surface area contributed by atoms with Crippen molar-refractivity contribution >= 4 is 0 Å². The molecule has 2 N–H and O–H groups in total. The quantitative estimate of drug-likeness (QED) is 0.927. The van der Waals surface area contributed by atoms with Gasteiger partial charge in [-0.25, -0.2) is 4.39 Å². The van der Waals surface area contributed by atoms with Crippen LogP contribution in [0.15, 0.2) is 42.5 Å². The molecule has 20 heavy (non-hydrogen) atoms.